The van der Waals surface area contributed by atoms with Crippen molar-refractivity contribution in [3.05, 3.63) is 52.2 Å². The molecule has 0 atom stereocenters. The number of aromatic amines is 1. The number of aryl methyl sites for hydroxylation is 1. The number of hydrogen-bond acceptors (Lipinski definition) is 4. The summed E-state index contributed by atoms with van der Waals surface area (Å²) in [6, 6.07) is 9.66. The van der Waals surface area contributed by atoms with Gasteiger partial charge >= 0.3 is 0 Å². The minimum atomic E-state index is -0.181. The molecule has 1 aromatic carbocycles. The first-order valence-electron chi connectivity index (χ1n) is 7.32. The van der Waals surface area contributed by atoms with Crippen LogP contribution in [0.25, 0.3) is 16.7 Å². The van der Waals surface area contributed by atoms with E-state index in [1.807, 2.05) is 44.2 Å². The number of nitrogens with one attached hydrogen (secondary N) is 1. The molecule has 3 rings (SSSR count). The number of para-hydroxylation sites is 1. The minimum Gasteiger partial charge on any atom is -0.374 e. The molecule has 0 aliphatic heterocycles. The lowest BCUT2D eigenvalue weighted by Gasteiger charge is -2.05. The third kappa shape index (κ3) is 2.65. The van der Waals surface area contributed by atoms with Crippen molar-refractivity contribution in [3.8, 4) is 5.69 Å². The van der Waals surface area contributed by atoms with E-state index in [9.17, 15) is 4.79 Å². The summed E-state index contributed by atoms with van der Waals surface area (Å²) in [6.45, 7) is 4.77. The SMILES string of the molecule is CCCOCc1nc2c(c(C)nn2-c2ccccc2)c(=O)[nH]1. The number of nitrogens with zero attached hydrogens (tertiary/aromatic N) is 3. The number of aromatic nitrogens is 4. The summed E-state index contributed by atoms with van der Waals surface area (Å²) < 4.78 is 7.16. The predicted molar refractivity (Wildman–Crippen MR) is 84.2 cm³/mol. The smallest absolute Gasteiger partial charge is 0.262 e. The van der Waals surface area contributed by atoms with E-state index in [0.717, 1.165) is 12.1 Å². The Labute approximate surface area is 127 Å². The van der Waals surface area contributed by atoms with Crippen LogP contribution in [0, 0.1) is 6.92 Å². The monoisotopic (exact) mass is 298 g/mol. The summed E-state index contributed by atoms with van der Waals surface area (Å²) in [5.41, 5.74) is 1.91. The van der Waals surface area contributed by atoms with E-state index in [1.54, 1.807) is 4.68 Å². The van der Waals surface area contributed by atoms with E-state index in [0.29, 0.717) is 29.2 Å². The third-order valence-corrected chi connectivity index (χ3v) is 3.35. The van der Waals surface area contributed by atoms with Crippen molar-refractivity contribution in [1.29, 1.82) is 0 Å². The number of H-pyrrole nitrogens is 1. The van der Waals surface area contributed by atoms with Crippen LogP contribution in [-0.2, 0) is 11.3 Å². The lowest BCUT2D eigenvalue weighted by molar-refractivity contribution is 0.116. The van der Waals surface area contributed by atoms with Gasteiger partial charge in [0.2, 0.25) is 0 Å². The molecule has 22 heavy (non-hydrogen) atoms. The topological polar surface area (TPSA) is 72.8 Å². The Bertz CT molecular complexity index is 836. The zero-order valence-corrected chi connectivity index (χ0v) is 12.7. The maximum Gasteiger partial charge on any atom is 0.262 e. The first-order chi connectivity index (χ1) is 10.7. The number of benzene rings is 1. The van der Waals surface area contributed by atoms with Gasteiger partial charge in [-0.2, -0.15) is 5.10 Å². The highest BCUT2D eigenvalue weighted by Gasteiger charge is 2.15. The average Bonchev–Trinajstić information content (AvgIpc) is 2.86. The normalized spacial score (nSPS) is 11.2. The van der Waals surface area contributed by atoms with Gasteiger partial charge in [0.05, 0.1) is 11.4 Å². The lowest BCUT2D eigenvalue weighted by atomic mass is 10.3. The van der Waals surface area contributed by atoms with Gasteiger partial charge in [-0.1, -0.05) is 25.1 Å². The van der Waals surface area contributed by atoms with Crippen LogP contribution in [0.5, 0.6) is 0 Å². The second-order valence-corrected chi connectivity index (χ2v) is 5.10. The quantitative estimate of drug-likeness (QED) is 0.734. The van der Waals surface area contributed by atoms with E-state index in [2.05, 4.69) is 15.1 Å². The van der Waals surface area contributed by atoms with Crippen molar-refractivity contribution >= 4 is 11.0 Å². The van der Waals surface area contributed by atoms with Crippen LogP contribution in [0.15, 0.2) is 35.1 Å². The molecule has 0 aliphatic rings. The van der Waals surface area contributed by atoms with Crippen LogP contribution in [0.2, 0.25) is 0 Å². The van der Waals surface area contributed by atoms with Gasteiger partial charge in [-0.15, -0.1) is 0 Å². The molecule has 0 unspecified atom stereocenters. The summed E-state index contributed by atoms with van der Waals surface area (Å²) in [6.07, 6.45) is 0.924. The van der Waals surface area contributed by atoms with Crippen molar-refractivity contribution in [1.82, 2.24) is 19.7 Å². The molecule has 6 heteroatoms. The molecular formula is C16H18N4O2. The Kier molecular flexibility index (Phi) is 4.02. The maximum atomic E-state index is 12.3. The van der Waals surface area contributed by atoms with E-state index in [-0.39, 0.29) is 12.2 Å². The van der Waals surface area contributed by atoms with Gasteiger partial charge in [0.15, 0.2) is 5.65 Å². The van der Waals surface area contributed by atoms with Gasteiger partial charge in [-0.05, 0) is 25.5 Å². The number of ether oxygens (including phenoxy) is 1. The van der Waals surface area contributed by atoms with E-state index >= 15 is 0 Å². The van der Waals surface area contributed by atoms with Crippen LogP contribution >= 0.6 is 0 Å². The van der Waals surface area contributed by atoms with Gasteiger partial charge in [-0.3, -0.25) is 4.79 Å². The summed E-state index contributed by atoms with van der Waals surface area (Å²) in [7, 11) is 0. The van der Waals surface area contributed by atoms with Gasteiger partial charge in [-0.25, -0.2) is 9.67 Å². The van der Waals surface area contributed by atoms with Crippen molar-refractivity contribution in [2.45, 2.75) is 26.9 Å². The molecule has 0 saturated carbocycles. The lowest BCUT2D eigenvalue weighted by Crippen LogP contribution is -2.14. The molecule has 6 nitrogen and oxygen atoms in total. The summed E-state index contributed by atoms with van der Waals surface area (Å²) in [5.74, 6) is 0.517. The van der Waals surface area contributed by atoms with E-state index < -0.39 is 0 Å². The van der Waals surface area contributed by atoms with Gasteiger partial charge in [0.25, 0.3) is 5.56 Å². The van der Waals surface area contributed by atoms with Gasteiger partial charge in [0.1, 0.15) is 17.8 Å². The highest BCUT2D eigenvalue weighted by Crippen LogP contribution is 2.17. The van der Waals surface area contributed by atoms with Crippen LogP contribution in [0.4, 0.5) is 0 Å². The summed E-state index contributed by atoms with van der Waals surface area (Å²) in [4.78, 5) is 19.6. The third-order valence-electron chi connectivity index (χ3n) is 3.35. The number of fused-ring (bicyclic) bond motifs is 1. The van der Waals surface area contributed by atoms with Gasteiger partial charge < -0.3 is 9.72 Å². The molecule has 2 heterocycles. The van der Waals surface area contributed by atoms with Crippen molar-refractivity contribution in [2.24, 2.45) is 0 Å². The van der Waals surface area contributed by atoms with E-state index in [1.165, 1.54) is 0 Å². The number of hydrogen-bond donors (Lipinski definition) is 1. The molecule has 1 N–H and O–H groups in total. The number of rotatable bonds is 5. The van der Waals surface area contributed by atoms with Crippen molar-refractivity contribution in [3.63, 3.8) is 0 Å². The highest BCUT2D eigenvalue weighted by atomic mass is 16.5. The fourth-order valence-corrected chi connectivity index (χ4v) is 2.36. The first kappa shape index (κ1) is 14.5. The molecule has 0 spiro atoms. The Morgan fingerprint density at radius 2 is 2.05 bits per heavy atom. The zero-order chi connectivity index (χ0) is 15.5. The molecule has 3 aromatic rings. The second-order valence-electron chi connectivity index (χ2n) is 5.10. The average molecular weight is 298 g/mol. The van der Waals surface area contributed by atoms with Crippen LogP contribution in [0.3, 0.4) is 0 Å². The molecule has 0 saturated heterocycles. The van der Waals surface area contributed by atoms with Gasteiger partial charge in [0, 0.05) is 6.61 Å². The molecule has 0 fully saturated rings. The highest BCUT2D eigenvalue weighted by molar-refractivity contribution is 5.78. The van der Waals surface area contributed by atoms with E-state index in [4.69, 9.17) is 4.74 Å². The van der Waals surface area contributed by atoms with Crippen molar-refractivity contribution < 1.29 is 4.74 Å². The first-order valence-corrected chi connectivity index (χ1v) is 7.32. The summed E-state index contributed by atoms with van der Waals surface area (Å²) >= 11 is 0. The Balaban J connectivity index is 2.12. The Morgan fingerprint density at radius 1 is 1.27 bits per heavy atom. The molecule has 0 aliphatic carbocycles. The molecule has 114 valence electrons. The standard InChI is InChI=1S/C16H18N4O2/c1-3-9-22-10-13-17-15-14(16(21)18-13)11(2)19-20(15)12-7-5-4-6-8-12/h4-8H,3,9-10H2,1-2H3,(H,17,18,21). The maximum absolute atomic E-state index is 12.3. The Morgan fingerprint density at radius 3 is 2.77 bits per heavy atom. The predicted octanol–water partition coefficient (Wildman–Crippen LogP) is 2.34. The fourth-order valence-electron chi connectivity index (χ4n) is 2.36. The summed E-state index contributed by atoms with van der Waals surface area (Å²) in [5, 5.41) is 4.97. The molecule has 0 radical (unpaired) electrons. The fraction of sp³-hybridized carbons (Fsp3) is 0.312. The second kappa shape index (κ2) is 6.11. The molecule has 0 amide bonds. The van der Waals surface area contributed by atoms with Crippen LogP contribution < -0.4 is 5.56 Å². The molecule has 0 bridgehead atoms. The molecular weight excluding hydrogens is 280 g/mol. The van der Waals surface area contributed by atoms with Crippen LogP contribution in [-0.4, -0.2) is 26.4 Å². The van der Waals surface area contributed by atoms with Crippen LogP contribution in [0.1, 0.15) is 24.9 Å². The minimum absolute atomic E-state index is 0.181. The van der Waals surface area contributed by atoms with Crippen molar-refractivity contribution in [2.75, 3.05) is 6.61 Å². The molecule has 2 aromatic heterocycles. The zero-order valence-electron chi connectivity index (χ0n) is 12.7. The Hall–Kier alpha value is -2.47. The largest absolute Gasteiger partial charge is 0.374 e.